The van der Waals surface area contributed by atoms with Crippen LogP contribution in [0.5, 0.6) is 0 Å². The van der Waals surface area contributed by atoms with Crippen molar-refractivity contribution in [3.8, 4) is 0 Å². The molecule has 5 unspecified atom stereocenters. The second kappa shape index (κ2) is 11.3. The Hall–Kier alpha value is -2.74. The number of hydrogen-bond donors (Lipinski definition) is 5. The van der Waals surface area contributed by atoms with Crippen LogP contribution < -0.4 is 4.90 Å². The summed E-state index contributed by atoms with van der Waals surface area (Å²) in [6.45, 7) is 0.435. The van der Waals surface area contributed by atoms with Crippen molar-refractivity contribution in [1.82, 2.24) is 19.5 Å². The fourth-order valence-electron chi connectivity index (χ4n) is 5.64. The van der Waals surface area contributed by atoms with E-state index in [1.807, 2.05) is 41.3 Å². The van der Waals surface area contributed by atoms with Crippen molar-refractivity contribution < 1.29 is 43.3 Å². The molecule has 0 aliphatic carbocycles. The van der Waals surface area contributed by atoms with Crippen molar-refractivity contribution in [2.24, 2.45) is 0 Å². The number of benzene rings is 2. The zero-order chi connectivity index (χ0) is 30.6. The number of fused-ring (bicyclic) bond motifs is 1. The van der Waals surface area contributed by atoms with Gasteiger partial charge in [0.25, 0.3) is 0 Å². The SMILES string of the molecule is O=P(O)(O)CP(=O)(O)OCC1OC(n2cnc3c(N4CC(c5ccccc5)(c5ccccc5)C4)nc(Cl)nc32)C(O)C1O. The minimum Gasteiger partial charge on any atom is -0.387 e. The number of ether oxygens (including phenoxy) is 1. The third kappa shape index (κ3) is 5.88. The van der Waals surface area contributed by atoms with Crippen LogP contribution in [0.2, 0.25) is 5.28 Å². The zero-order valence-corrected chi connectivity index (χ0v) is 24.9. The van der Waals surface area contributed by atoms with Gasteiger partial charge >= 0.3 is 15.2 Å². The van der Waals surface area contributed by atoms with E-state index in [1.54, 1.807) is 0 Å². The topological polar surface area (TPSA) is 201 Å². The number of rotatable bonds is 9. The summed E-state index contributed by atoms with van der Waals surface area (Å²) in [5.74, 6) is -0.923. The Balaban J connectivity index is 1.26. The van der Waals surface area contributed by atoms with Crippen LogP contribution >= 0.6 is 26.8 Å². The van der Waals surface area contributed by atoms with Crippen LogP contribution in [-0.4, -0.2) is 88.3 Å². The molecule has 6 rings (SSSR count). The lowest BCUT2D eigenvalue weighted by Crippen LogP contribution is -2.60. The highest BCUT2D eigenvalue weighted by molar-refractivity contribution is 7.70. The van der Waals surface area contributed by atoms with E-state index in [-0.39, 0.29) is 16.3 Å². The molecule has 228 valence electrons. The van der Waals surface area contributed by atoms with Crippen LogP contribution in [0.4, 0.5) is 5.82 Å². The number of halogens is 1. The lowest BCUT2D eigenvalue weighted by molar-refractivity contribution is -0.0483. The van der Waals surface area contributed by atoms with E-state index >= 15 is 0 Å². The highest BCUT2D eigenvalue weighted by Gasteiger charge is 2.48. The van der Waals surface area contributed by atoms with Gasteiger partial charge in [0.05, 0.1) is 18.3 Å². The minimum atomic E-state index is -4.85. The van der Waals surface area contributed by atoms with Crippen LogP contribution in [0.15, 0.2) is 67.0 Å². The molecule has 2 aromatic heterocycles. The monoisotopic (exact) mass is 651 g/mol. The predicted octanol–water partition coefficient (Wildman–Crippen LogP) is 2.24. The fourth-order valence-corrected chi connectivity index (χ4v) is 8.37. The van der Waals surface area contributed by atoms with E-state index < -0.39 is 52.2 Å². The summed E-state index contributed by atoms with van der Waals surface area (Å²) in [7, 11) is -9.56. The second-order valence-corrected chi connectivity index (χ2v) is 14.9. The largest absolute Gasteiger partial charge is 0.387 e. The molecule has 43 heavy (non-hydrogen) atoms. The lowest BCUT2D eigenvalue weighted by Gasteiger charge is -2.51. The third-order valence-electron chi connectivity index (χ3n) is 7.66. The number of imidazole rings is 1. The van der Waals surface area contributed by atoms with Crippen molar-refractivity contribution in [3.05, 3.63) is 83.4 Å². The Bertz CT molecular complexity index is 1680. The minimum absolute atomic E-state index is 0.0762. The average Bonchev–Trinajstić information content (AvgIpc) is 3.47. The third-order valence-corrected chi connectivity index (χ3v) is 11.3. The molecule has 14 nitrogen and oxygen atoms in total. The van der Waals surface area contributed by atoms with Gasteiger partial charge in [-0.2, -0.15) is 9.97 Å². The first-order valence-electron chi connectivity index (χ1n) is 13.2. The smallest absolute Gasteiger partial charge is 0.340 e. The molecule has 2 saturated heterocycles. The first kappa shape index (κ1) is 30.3. The number of aliphatic hydroxyl groups excluding tert-OH is 2. The van der Waals surface area contributed by atoms with Crippen molar-refractivity contribution in [3.63, 3.8) is 0 Å². The van der Waals surface area contributed by atoms with Crippen LogP contribution in [0.1, 0.15) is 17.4 Å². The van der Waals surface area contributed by atoms with Gasteiger partial charge in [-0.05, 0) is 22.7 Å². The maximum atomic E-state index is 12.0. The molecular formula is C26H28ClN5O9P2. The Labute approximate surface area is 250 Å². The Kier molecular flexibility index (Phi) is 7.97. The summed E-state index contributed by atoms with van der Waals surface area (Å²) < 4.78 is 35.1. The molecule has 2 aliphatic rings. The summed E-state index contributed by atoms with van der Waals surface area (Å²) >= 11 is 6.35. The van der Waals surface area contributed by atoms with Gasteiger partial charge in [-0.1, -0.05) is 60.7 Å². The second-order valence-electron chi connectivity index (χ2n) is 10.6. The number of anilines is 1. The van der Waals surface area contributed by atoms with Gasteiger partial charge in [0, 0.05) is 13.1 Å². The molecule has 4 aromatic rings. The quantitative estimate of drug-likeness (QED) is 0.130. The van der Waals surface area contributed by atoms with Gasteiger partial charge in [-0.25, -0.2) is 4.98 Å². The number of nitrogens with zero attached hydrogens (tertiary/aromatic N) is 5. The molecule has 17 heteroatoms. The van der Waals surface area contributed by atoms with Gasteiger partial charge < -0.3 is 39.1 Å². The van der Waals surface area contributed by atoms with E-state index in [4.69, 9.17) is 30.6 Å². The summed E-state index contributed by atoms with van der Waals surface area (Å²) in [6.07, 6.45) is -4.29. The molecule has 0 radical (unpaired) electrons. The number of aromatic nitrogens is 4. The van der Waals surface area contributed by atoms with E-state index in [9.17, 15) is 24.2 Å². The van der Waals surface area contributed by atoms with Gasteiger partial charge in [-0.3, -0.25) is 13.7 Å². The molecule has 5 N–H and O–H groups in total. The van der Waals surface area contributed by atoms with E-state index in [2.05, 4.69) is 39.2 Å². The van der Waals surface area contributed by atoms with Crippen molar-refractivity contribution in [2.75, 3.05) is 30.5 Å². The highest BCUT2D eigenvalue weighted by Crippen LogP contribution is 2.55. The maximum absolute atomic E-state index is 12.0. The molecule has 0 spiro atoms. The Morgan fingerprint density at radius 1 is 0.953 bits per heavy atom. The van der Waals surface area contributed by atoms with Gasteiger partial charge in [0.1, 0.15) is 18.3 Å². The molecule has 0 saturated carbocycles. The van der Waals surface area contributed by atoms with Gasteiger partial charge in [0.2, 0.25) is 5.28 Å². The first-order valence-corrected chi connectivity index (χ1v) is 17.1. The van der Waals surface area contributed by atoms with Crippen LogP contribution in [0.3, 0.4) is 0 Å². The van der Waals surface area contributed by atoms with Crippen molar-refractivity contribution in [2.45, 2.75) is 30.0 Å². The number of aliphatic hydroxyl groups is 2. The predicted molar refractivity (Wildman–Crippen MR) is 155 cm³/mol. The average molecular weight is 652 g/mol. The Morgan fingerprint density at radius 2 is 1.56 bits per heavy atom. The van der Waals surface area contributed by atoms with Crippen LogP contribution in [-0.2, 0) is 23.8 Å². The highest BCUT2D eigenvalue weighted by atomic mass is 35.5. The molecular weight excluding hydrogens is 624 g/mol. The summed E-state index contributed by atoms with van der Waals surface area (Å²) in [6, 6.07) is 20.3. The zero-order valence-electron chi connectivity index (χ0n) is 22.4. The number of hydrogen-bond acceptors (Lipinski definition) is 10. The molecule has 0 bridgehead atoms. The molecule has 2 aliphatic heterocycles. The van der Waals surface area contributed by atoms with Gasteiger partial charge in [-0.15, -0.1) is 0 Å². The molecule has 0 amide bonds. The molecule has 4 heterocycles. The van der Waals surface area contributed by atoms with Crippen molar-refractivity contribution >= 4 is 43.8 Å². The van der Waals surface area contributed by atoms with Crippen molar-refractivity contribution in [1.29, 1.82) is 0 Å². The van der Waals surface area contributed by atoms with E-state index in [0.717, 1.165) is 11.1 Å². The maximum Gasteiger partial charge on any atom is 0.340 e. The summed E-state index contributed by atoms with van der Waals surface area (Å²) in [5.41, 5.74) is 2.60. The summed E-state index contributed by atoms with van der Waals surface area (Å²) in [4.78, 5) is 43.0. The molecule has 2 aromatic carbocycles. The lowest BCUT2D eigenvalue weighted by atomic mass is 9.68. The normalized spacial score (nSPS) is 25.0. The standard InChI is InChI=1S/C26H28ClN5O9P2/c27-25-29-22(31-12-26(13-31,16-7-3-1-4-8-16)17-9-5-2-6-10-17)19-23(30-25)32(14-28-19)24-21(34)20(33)18(41-24)11-40-43(38,39)15-42(35,36)37/h1-10,14,18,20-21,24,33-34H,11-13,15H2,(H,38,39)(H2,35,36,37). The van der Waals surface area contributed by atoms with Crippen LogP contribution in [0.25, 0.3) is 11.2 Å². The molecule has 2 fully saturated rings. The first-order chi connectivity index (χ1) is 20.4. The van der Waals surface area contributed by atoms with Gasteiger partial charge in [0.15, 0.2) is 29.1 Å². The Morgan fingerprint density at radius 3 is 2.14 bits per heavy atom. The fraction of sp³-hybridized carbons (Fsp3) is 0.346. The molecule has 5 atom stereocenters. The summed E-state index contributed by atoms with van der Waals surface area (Å²) in [5, 5.41) is 21.3. The van der Waals surface area contributed by atoms with E-state index in [1.165, 1.54) is 10.9 Å². The van der Waals surface area contributed by atoms with Crippen LogP contribution in [0, 0.1) is 0 Å². The van der Waals surface area contributed by atoms with E-state index in [0.29, 0.717) is 24.4 Å².